The normalized spacial score (nSPS) is 12.7. The molecule has 0 fully saturated rings. The molecule has 0 bridgehead atoms. The van der Waals surface area contributed by atoms with E-state index in [1.54, 1.807) is 57.7 Å². The molecule has 0 spiro atoms. The zero-order valence-corrected chi connectivity index (χ0v) is 17.2. The van der Waals surface area contributed by atoms with Crippen molar-refractivity contribution in [3.05, 3.63) is 47.9 Å². The Labute approximate surface area is 177 Å². The molecule has 0 unspecified atom stereocenters. The number of nitrogens with one attached hydrogen (secondary N) is 1. The molecular formula is C21H20N4O6. The van der Waals surface area contributed by atoms with E-state index < -0.39 is 5.91 Å². The number of hydrogen-bond acceptors (Lipinski definition) is 8. The molecule has 0 saturated carbocycles. The van der Waals surface area contributed by atoms with Gasteiger partial charge in [-0.2, -0.15) is 4.98 Å². The number of benzene rings is 2. The maximum Gasteiger partial charge on any atom is 0.316 e. The van der Waals surface area contributed by atoms with Crippen LogP contribution >= 0.6 is 0 Å². The second-order valence-electron chi connectivity index (χ2n) is 6.71. The number of rotatable bonds is 6. The molecule has 160 valence electrons. The Hall–Kier alpha value is -4.08. The first kappa shape index (κ1) is 20.2. The molecule has 2 amide bonds. The first-order valence-electron chi connectivity index (χ1n) is 9.36. The minimum atomic E-state index is -0.525. The van der Waals surface area contributed by atoms with Gasteiger partial charge in [-0.05, 0) is 36.4 Å². The van der Waals surface area contributed by atoms with Crippen molar-refractivity contribution in [2.45, 2.75) is 6.54 Å². The Balaban J connectivity index is 1.48. The van der Waals surface area contributed by atoms with E-state index in [1.807, 2.05) is 0 Å². The Morgan fingerprint density at radius 1 is 1.19 bits per heavy atom. The molecule has 1 aliphatic rings. The fourth-order valence-corrected chi connectivity index (χ4v) is 3.12. The fraction of sp³-hybridized carbons (Fsp3) is 0.238. The van der Waals surface area contributed by atoms with Gasteiger partial charge in [0.25, 0.3) is 5.91 Å². The van der Waals surface area contributed by atoms with Crippen molar-refractivity contribution >= 4 is 17.5 Å². The molecule has 1 aliphatic heterocycles. The van der Waals surface area contributed by atoms with Crippen LogP contribution in [-0.4, -0.2) is 49.8 Å². The molecule has 1 N–H and O–H groups in total. The van der Waals surface area contributed by atoms with Gasteiger partial charge < -0.3 is 29.0 Å². The van der Waals surface area contributed by atoms with Crippen LogP contribution in [0.4, 0.5) is 5.69 Å². The summed E-state index contributed by atoms with van der Waals surface area (Å²) < 4.78 is 21.1. The van der Waals surface area contributed by atoms with Crippen LogP contribution in [0.3, 0.4) is 0 Å². The third-order valence-electron chi connectivity index (χ3n) is 4.85. The van der Waals surface area contributed by atoms with E-state index in [2.05, 4.69) is 15.5 Å². The summed E-state index contributed by atoms with van der Waals surface area (Å²) in [6.07, 6.45) is 0. The van der Waals surface area contributed by atoms with Gasteiger partial charge in [-0.25, -0.2) is 0 Å². The van der Waals surface area contributed by atoms with Crippen molar-refractivity contribution in [1.82, 2.24) is 15.5 Å². The van der Waals surface area contributed by atoms with E-state index in [1.165, 1.54) is 4.90 Å². The van der Waals surface area contributed by atoms with Gasteiger partial charge in [-0.1, -0.05) is 5.16 Å². The second-order valence-corrected chi connectivity index (χ2v) is 6.71. The van der Waals surface area contributed by atoms with Crippen LogP contribution in [0.5, 0.6) is 17.2 Å². The lowest BCUT2D eigenvalue weighted by atomic mass is 10.1. The van der Waals surface area contributed by atoms with Gasteiger partial charge in [-0.3, -0.25) is 9.59 Å². The van der Waals surface area contributed by atoms with E-state index in [0.717, 1.165) is 5.56 Å². The monoisotopic (exact) mass is 424 g/mol. The Kier molecular flexibility index (Phi) is 5.44. The largest absolute Gasteiger partial charge is 0.497 e. The van der Waals surface area contributed by atoms with Crippen LogP contribution in [0.25, 0.3) is 11.4 Å². The summed E-state index contributed by atoms with van der Waals surface area (Å²) in [6.45, 7) is 0.143. The standard InChI is InChI=1S/C21H20N4O6/c1-25-15-6-4-12(9-17(15)30-11-18(25)26)19-23-21(31-24-19)20(27)22-10-13-8-14(28-2)5-7-16(13)29-3/h4-9H,10-11H2,1-3H3,(H,22,27). The van der Waals surface area contributed by atoms with Gasteiger partial charge >= 0.3 is 11.8 Å². The summed E-state index contributed by atoms with van der Waals surface area (Å²) in [4.78, 5) is 29.9. The molecule has 10 heteroatoms. The summed E-state index contributed by atoms with van der Waals surface area (Å²) in [6, 6.07) is 10.5. The lowest BCUT2D eigenvalue weighted by Crippen LogP contribution is -2.35. The Morgan fingerprint density at radius 2 is 2.03 bits per heavy atom. The lowest BCUT2D eigenvalue weighted by Gasteiger charge is -2.25. The first-order valence-corrected chi connectivity index (χ1v) is 9.36. The summed E-state index contributed by atoms with van der Waals surface area (Å²) in [7, 11) is 4.79. The zero-order chi connectivity index (χ0) is 22.0. The number of ether oxygens (including phenoxy) is 3. The highest BCUT2D eigenvalue weighted by molar-refractivity contribution is 5.97. The molecule has 0 saturated heterocycles. The molecule has 3 aromatic rings. The summed E-state index contributed by atoms with van der Waals surface area (Å²) in [5, 5.41) is 6.61. The molecule has 1 aromatic heterocycles. The van der Waals surface area contributed by atoms with E-state index in [0.29, 0.717) is 28.5 Å². The number of carbonyl (C=O) groups is 2. The minimum absolute atomic E-state index is 0.0411. The van der Waals surface area contributed by atoms with E-state index >= 15 is 0 Å². The van der Waals surface area contributed by atoms with E-state index in [4.69, 9.17) is 18.7 Å². The third-order valence-corrected chi connectivity index (χ3v) is 4.85. The smallest absolute Gasteiger partial charge is 0.316 e. The minimum Gasteiger partial charge on any atom is -0.497 e. The number of nitrogens with zero attached hydrogens (tertiary/aromatic N) is 3. The molecule has 0 aliphatic carbocycles. The highest BCUT2D eigenvalue weighted by atomic mass is 16.5. The van der Waals surface area contributed by atoms with Crippen molar-refractivity contribution in [2.24, 2.45) is 0 Å². The van der Waals surface area contributed by atoms with Crippen molar-refractivity contribution < 1.29 is 28.3 Å². The number of fused-ring (bicyclic) bond motifs is 1. The van der Waals surface area contributed by atoms with Gasteiger partial charge in [-0.15, -0.1) is 0 Å². The quantitative estimate of drug-likeness (QED) is 0.639. The van der Waals surface area contributed by atoms with Crippen molar-refractivity contribution in [1.29, 1.82) is 0 Å². The third kappa shape index (κ3) is 4.00. The van der Waals surface area contributed by atoms with Crippen LogP contribution in [-0.2, 0) is 11.3 Å². The topological polar surface area (TPSA) is 116 Å². The molecule has 2 aromatic carbocycles. The number of carbonyl (C=O) groups excluding carboxylic acids is 2. The van der Waals surface area contributed by atoms with Crippen LogP contribution in [0, 0.1) is 0 Å². The highest BCUT2D eigenvalue weighted by Crippen LogP contribution is 2.34. The maximum atomic E-state index is 12.5. The first-order chi connectivity index (χ1) is 15.0. The predicted molar refractivity (Wildman–Crippen MR) is 109 cm³/mol. The molecule has 0 radical (unpaired) electrons. The molecule has 4 rings (SSSR count). The Morgan fingerprint density at radius 3 is 2.81 bits per heavy atom. The molecule has 2 heterocycles. The summed E-state index contributed by atoms with van der Waals surface area (Å²) >= 11 is 0. The number of hydrogen-bond donors (Lipinski definition) is 1. The summed E-state index contributed by atoms with van der Waals surface area (Å²) in [5.74, 6) is 1.19. The van der Waals surface area contributed by atoms with Gasteiger partial charge in [0.2, 0.25) is 5.82 Å². The van der Waals surface area contributed by atoms with Crippen LogP contribution in [0.1, 0.15) is 16.2 Å². The average molecular weight is 424 g/mol. The van der Waals surface area contributed by atoms with Crippen molar-refractivity contribution in [3.63, 3.8) is 0 Å². The zero-order valence-electron chi connectivity index (χ0n) is 17.2. The van der Waals surface area contributed by atoms with E-state index in [9.17, 15) is 9.59 Å². The molecular weight excluding hydrogens is 404 g/mol. The van der Waals surface area contributed by atoms with Crippen molar-refractivity contribution in [2.75, 3.05) is 32.8 Å². The molecule has 31 heavy (non-hydrogen) atoms. The summed E-state index contributed by atoms with van der Waals surface area (Å²) in [5.41, 5.74) is 1.98. The number of likely N-dealkylation sites (N-methyl/N-ethyl adjacent to an activating group) is 1. The van der Waals surface area contributed by atoms with Crippen LogP contribution in [0.2, 0.25) is 0 Å². The lowest BCUT2D eigenvalue weighted by molar-refractivity contribution is -0.120. The number of anilines is 1. The maximum absolute atomic E-state index is 12.5. The van der Waals surface area contributed by atoms with Crippen LogP contribution < -0.4 is 24.4 Å². The van der Waals surface area contributed by atoms with Gasteiger partial charge in [0, 0.05) is 24.7 Å². The van der Waals surface area contributed by atoms with Gasteiger partial charge in [0.15, 0.2) is 6.61 Å². The fourth-order valence-electron chi connectivity index (χ4n) is 3.12. The Bertz CT molecular complexity index is 1140. The SMILES string of the molecule is COc1ccc(OC)c(CNC(=O)c2nc(-c3ccc4c(c3)OCC(=O)N4C)no2)c1. The van der Waals surface area contributed by atoms with Crippen LogP contribution in [0.15, 0.2) is 40.9 Å². The van der Waals surface area contributed by atoms with Gasteiger partial charge in [0.1, 0.15) is 17.2 Å². The number of amides is 2. The molecule has 0 atom stereocenters. The number of methoxy groups -OCH3 is 2. The average Bonchev–Trinajstić information content (AvgIpc) is 3.30. The van der Waals surface area contributed by atoms with Gasteiger partial charge in [0.05, 0.1) is 19.9 Å². The number of aromatic nitrogens is 2. The molecule has 10 nitrogen and oxygen atoms in total. The second kappa shape index (κ2) is 8.34. The van der Waals surface area contributed by atoms with E-state index in [-0.39, 0.29) is 30.8 Å². The highest BCUT2D eigenvalue weighted by Gasteiger charge is 2.24. The predicted octanol–water partition coefficient (Wildman–Crippen LogP) is 2.04. The van der Waals surface area contributed by atoms with Crippen molar-refractivity contribution in [3.8, 4) is 28.6 Å².